The third-order valence-corrected chi connectivity index (χ3v) is 14.0. The van der Waals surface area contributed by atoms with Crippen molar-refractivity contribution >= 4 is 86.2 Å². The number of hydrogen-bond donors (Lipinski definition) is 0. The molecule has 0 saturated heterocycles. The first-order valence-corrected chi connectivity index (χ1v) is 20.5. The van der Waals surface area contributed by atoms with E-state index in [-0.39, 0.29) is 0 Å². The quantitative estimate of drug-likeness (QED) is 0.163. The van der Waals surface area contributed by atoms with Crippen molar-refractivity contribution in [2.75, 3.05) is 0 Å². The van der Waals surface area contributed by atoms with E-state index in [9.17, 15) is 0 Å². The zero-order valence-corrected chi connectivity index (χ0v) is 30.7. The maximum absolute atomic E-state index is 2.71. The van der Waals surface area contributed by atoms with E-state index in [1.54, 1.807) is 32.7 Å². The first kappa shape index (κ1) is 30.3. The Labute approximate surface area is 311 Å². The predicted molar refractivity (Wildman–Crippen MR) is 231 cm³/mol. The van der Waals surface area contributed by atoms with Crippen molar-refractivity contribution < 1.29 is 0 Å². The van der Waals surface area contributed by atoms with Gasteiger partial charge in [-0.2, -0.15) is 0 Å². The molecule has 0 nitrogen and oxygen atoms in total. The average molecular weight is 681 g/mol. The fourth-order valence-electron chi connectivity index (χ4n) is 11.8. The summed E-state index contributed by atoms with van der Waals surface area (Å²) in [5, 5.41) is 23.7. The van der Waals surface area contributed by atoms with Crippen LogP contribution in [0.2, 0.25) is 0 Å². The average Bonchev–Trinajstić information content (AvgIpc) is 3.73. The number of rotatable bonds is 3. The number of benzene rings is 8. The summed E-state index contributed by atoms with van der Waals surface area (Å²) in [5.41, 5.74) is 7.39. The van der Waals surface area contributed by atoms with Crippen molar-refractivity contribution in [3.05, 3.63) is 132 Å². The fourth-order valence-corrected chi connectivity index (χ4v) is 11.8. The molecule has 0 bridgehead atoms. The van der Waals surface area contributed by atoms with Gasteiger partial charge in [-0.1, -0.05) is 142 Å². The van der Waals surface area contributed by atoms with Gasteiger partial charge in [0.15, 0.2) is 0 Å². The predicted octanol–water partition coefficient (Wildman–Crippen LogP) is 15.9. The Morgan fingerprint density at radius 3 is 1.74 bits per heavy atom. The van der Waals surface area contributed by atoms with Gasteiger partial charge in [0.05, 0.1) is 0 Å². The van der Waals surface area contributed by atoms with Gasteiger partial charge in [0.25, 0.3) is 0 Å². The van der Waals surface area contributed by atoms with Gasteiger partial charge >= 0.3 is 0 Å². The largest absolute Gasteiger partial charge is 0.0622 e. The van der Waals surface area contributed by atoms with Crippen LogP contribution in [0.25, 0.3) is 97.3 Å². The Hall–Kier alpha value is -5.20. The zero-order chi connectivity index (χ0) is 34.8. The minimum Gasteiger partial charge on any atom is -0.0622 e. The monoisotopic (exact) mass is 680 g/mol. The molecular weight excluding hydrogens is 637 g/mol. The fraction of sp³-hybridized carbons (Fsp3) is 0.245. The van der Waals surface area contributed by atoms with E-state index in [0.29, 0.717) is 11.8 Å². The Kier molecular flexibility index (Phi) is 6.51. The third kappa shape index (κ3) is 4.13. The molecule has 0 amide bonds. The highest BCUT2D eigenvalue weighted by molar-refractivity contribution is 6.42. The molecule has 0 heteroatoms. The van der Waals surface area contributed by atoms with Gasteiger partial charge < -0.3 is 0 Å². The summed E-state index contributed by atoms with van der Waals surface area (Å²) in [7, 11) is 0. The van der Waals surface area contributed by atoms with Crippen LogP contribution in [0.1, 0.15) is 92.7 Å². The smallest absolute Gasteiger partial charge is 0.00135 e. The van der Waals surface area contributed by atoms with Crippen molar-refractivity contribution in [3.63, 3.8) is 0 Å². The molecule has 0 spiro atoms. The summed E-state index contributed by atoms with van der Waals surface area (Å²) >= 11 is 0. The molecule has 2 aliphatic rings. The molecule has 2 fully saturated rings. The topological polar surface area (TPSA) is 0 Å². The van der Waals surface area contributed by atoms with Crippen LogP contribution < -0.4 is 0 Å². The highest BCUT2D eigenvalue weighted by Gasteiger charge is 2.32. The SMILES string of the molecule is Cc1ccc2c3c(C4CCCCC4)c4c5cc6ccccc6c6c(-c7ccccc7)ccc(c4c(C4CCCCC4)c3cc3c4ccccc4c1c32)c56. The Balaban J connectivity index is 1.39. The first-order valence-electron chi connectivity index (χ1n) is 20.5. The molecule has 10 aromatic carbocycles. The van der Waals surface area contributed by atoms with Crippen LogP contribution in [0.3, 0.4) is 0 Å². The summed E-state index contributed by atoms with van der Waals surface area (Å²) in [6, 6.07) is 44.9. The lowest BCUT2D eigenvalue weighted by Gasteiger charge is -2.30. The van der Waals surface area contributed by atoms with Crippen LogP contribution in [0.4, 0.5) is 0 Å². The molecule has 0 atom stereocenters. The summed E-state index contributed by atoms with van der Waals surface area (Å²) in [4.78, 5) is 0. The number of fused-ring (bicyclic) bond motifs is 10. The van der Waals surface area contributed by atoms with E-state index in [1.165, 1.54) is 146 Å². The Morgan fingerprint density at radius 1 is 0.358 bits per heavy atom. The Bertz CT molecular complexity index is 3060. The van der Waals surface area contributed by atoms with Crippen molar-refractivity contribution in [2.24, 2.45) is 0 Å². The van der Waals surface area contributed by atoms with Gasteiger partial charge in [0, 0.05) is 0 Å². The molecule has 0 aromatic heterocycles. The molecule has 2 aliphatic carbocycles. The second-order valence-corrected chi connectivity index (χ2v) is 16.7. The van der Waals surface area contributed by atoms with Crippen LogP contribution in [-0.4, -0.2) is 0 Å². The Morgan fingerprint density at radius 2 is 0.962 bits per heavy atom. The lowest BCUT2D eigenvalue weighted by atomic mass is 9.74. The molecule has 0 N–H and O–H groups in total. The van der Waals surface area contributed by atoms with Crippen molar-refractivity contribution in [2.45, 2.75) is 83.0 Å². The van der Waals surface area contributed by atoms with E-state index in [1.807, 2.05) is 0 Å². The van der Waals surface area contributed by atoms with Gasteiger partial charge in [-0.05, 0) is 171 Å². The zero-order valence-electron chi connectivity index (χ0n) is 30.7. The summed E-state index contributed by atoms with van der Waals surface area (Å²) in [5.74, 6) is 1.13. The lowest BCUT2D eigenvalue weighted by Crippen LogP contribution is -2.10. The molecular formula is C53H44. The van der Waals surface area contributed by atoms with E-state index >= 15 is 0 Å². The van der Waals surface area contributed by atoms with Crippen molar-refractivity contribution in [1.29, 1.82) is 0 Å². The molecule has 0 radical (unpaired) electrons. The molecule has 2 saturated carbocycles. The molecule has 10 aromatic rings. The standard InChI is InChI=1S/C53H44/c1-31-25-26-40-49-42(38-23-13-14-24-39(38)45(31)49)30-44-46(33-17-7-3-8-18-33)52-41-28-27-37(32-15-5-2-6-16-32)48-36-22-12-11-21-35(36)29-43(51(41)48)53(52)47(50(40)44)34-19-9-4-10-20-34/h2,5-6,11-16,21-30,33-34H,3-4,7-10,17-20H2,1H3. The highest BCUT2D eigenvalue weighted by atomic mass is 14.4. The van der Waals surface area contributed by atoms with Crippen LogP contribution in [-0.2, 0) is 0 Å². The number of aryl methyl sites for hydroxylation is 1. The van der Waals surface area contributed by atoms with Gasteiger partial charge in [-0.25, -0.2) is 0 Å². The summed E-state index contributed by atoms with van der Waals surface area (Å²) < 4.78 is 0. The third-order valence-electron chi connectivity index (χ3n) is 14.0. The van der Waals surface area contributed by atoms with Gasteiger partial charge in [0.1, 0.15) is 0 Å². The van der Waals surface area contributed by atoms with E-state index < -0.39 is 0 Å². The minimum atomic E-state index is 0.562. The molecule has 256 valence electrons. The lowest BCUT2D eigenvalue weighted by molar-refractivity contribution is 0.445. The molecule has 53 heavy (non-hydrogen) atoms. The summed E-state index contributed by atoms with van der Waals surface area (Å²) in [6.45, 7) is 2.33. The van der Waals surface area contributed by atoms with Crippen LogP contribution in [0.5, 0.6) is 0 Å². The second-order valence-electron chi connectivity index (χ2n) is 16.7. The van der Waals surface area contributed by atoms with E-state index in [2.05, 4.69) is 122 Å². The second kappa shape index (κ2) is 11.4. The molecule has 12 rings (SSSR count). The normalized spacial score (nSPS) is 16.6. The van der Waals surface area contributed by atoms with E-state index in [4.69, 9.17) is 0 Å². The maximum Gasteiger partial charge on any atom is -0.00135 e. The van der Waals surface area contributed by atoms with Crippen molar-refractivity contribution in [1.82, 2.24) is 0 Å². The minimum absolute atomic E-state index is 0.562. The van der Waals surface area contributed by atoms with E-state index in [0.717, 1.165) is 0 Å². The van der Waals surface area contributed by atoms with Gasteiger partial charge in [-0.15, -0.1) is 0 Å². The van der Waals surface area contributed by atoms with Crippen molar-refractivity contribution in [3.8, 4) is 11.1 Å². The van der Waals surface area contributed by atoms with Crippen LogP contribution >= 0.6 is 0 Å². The molecule has 0 heterocycles. The summed E-state index contributed by atoms with van der Waals surface area (Å²) in [6.07, 6.45) is 13.2. The molecule has 0 aliphatic heterocycles. The highest BCUT2D eigenvalue weighted by Crippen LogP contribution is 2.57. The molecule has 0 unspecified atom stereocenters. The van der Waals surface area contributed by atoms with Gasteiger partial charge in [-0.3, -0.25) is 0 Å². The van der Waals surface area contributed by atoms with Crippen LogP contribution in [0, 0.1) is 6.92 Å². The van der Waals surface area contributed by atoms with Crippen LogP contribution in [0.15, 0.2) is 115 Å². The first-order chi connectivity index (χ1) is 26.3. The van der Waals surface area contributed by atoms with Gasteiger partial charge in [0.2, 0.25) is 0 Å². The number of hydrogen-bond acceptors (Lipinski definition) is 0. The maximum atomic E-state index is 2.71.